The zero-order valence-corrected chi connectivity index (χ0v) is 4.68. The Morgan fingerprint density at radius 3 is 2.70 bits per heavy atom. The summed E-state index contributed by atoms with van der Waals surface area (Å²) in [6, 6.07) is 0. The quantitative estimate of drug-likeness (QED) is 0.528. The Hall–Kier alpha value is -0.940. The van der Waals surface area contributed by atoms with E-state index in [2.05, 4.69) is 14.7 Å². The van der Waals surface area contributed by atoms with Gasteiger partial charge >= 0.3 is 6.36 Å². The van der Waals surface area contributed by atoms with Crippen molar-refractivity contribution in [1.82, 2.24) is 0 Å². The van der Waals surface area contributed by atoms with Crippen molar-refractivity contribution < 1.29 is 22.7 Å². The van der Waals surface area contributed by atoms with E-state index in [0.29, 0.717) is 0 Å². The molecule has 0 saturated heterocycles. The molecular weight excluding hydrogens is 151 g/mol. The van der Waals surface area contributed by atoms with Gasteiger partial charge < -0.3 is 9.57 Å². The first-order valence-electron chi connectivity index (χ1n) is 2.38. The lowest BCUT2D eigenvalue weighted by Gasteiger charge is -2.04. The fourth-order valence-electron chi connectivity index (χ4n) is 0.436. The van der Waals surface area contributed by atoms with Crippen LogP contribution in [0.3, 0.4) is 0 Å². The van der Waals surface area contributed by atoms with Crippen molar-refractivity contribution in [2.45, 2.75) is 12.8 Å². The number of ether oxygens (including phenoxy) is 1. The van der Waals surface area contributed by atoms with Crippen molar-refractivity contribution in [3.05, 3.63) is 6.61 Å². The third-order valence-electron chi connectivity index (χ3n) is 0.721. The number of hydrogen-bond donors (Lipinski definition) is 0. The molecule has 1 aliphatic heterocycles. The normalized spacial score (nSPS) is 18.1. The Balaban J connectivity index is 2.38. The molecule has 0 N–H and O–H groups in total. The molecule has 1 radical (unpaired) electrons. The first-order chi connectivity index (χ1) is 4.58. The number of nitrogens with zero attached hydrogens (tertiary/aromatic N) is 1. The van der Waals surface area contributed by atoms with Crippen LogP contribution in [-0.4, -0.2) is 12.3 Å². The molecule has 57 valence electrons. The molecule has 1 heterocycles. The molecule has 0 atom stereocenters. The van der Waals surface area contributed by atoms with Crippen LogP contribution in [0.2, 0.25) is 0 Å². The zero-order valence-electron chi connectivity index (χ0n) is 4.68. The van der Waals surface area contributed by atoms with E-state index >= 15 is 0 Å². The monoisotopic (exact) mass is 154 g/mol. The van der Waals surface area contributed by atoms with Crippen LogP contribution in [0.4, 0.5) is 13.2 Å². The lowest BCUT2D eigenvalue weighted by molar-refractivity contribution is -0.284. The fraction of sp³-hybridized carbons (Fsp3) is 0.500. The maximum atomic E-state index is 11.3. The minimum absolute atomic E-state index is 0.0422. The molecule has 1 rings (SSSR count). The van der Waals surface area contributed by atoms with Crippen LogP contribution in [0.15, 0.2) is 5.16 Å². The summed E-state index contributed by atoms with van der Waals surface area (Å²) >= 11 is 0. The van der Waals surface area contributed by atoms with Crippen LogP contribution < -0.4 is 0 Å². The van der Waals surface area contributed by atoms with Crippen molar-refractivity contribution in [3.8, 4) is 0 Å². The number of rotatable bonds is 0. The molecule has 3 nitrogen and oxygen atoms in total. The first-order valence-corrected chi connectivity index (χ1v) is 2.38. The third-order valence-corrected chi connectivity index (χ3v) is 0.721. The van der Waals surface area contributed by atoms with Gasteiger partial charge in [0.1, 0.15) is 0 Å². The summed E-state index contributed by atoms with van der Waals surface area (Å²) in [5.41, 5.74) is 0. The summed E-state index contributed by atoms with van der Waals surface area (Å²) in [7, 11) is 0. The number of halogens is 3. The minimum Gasteiger partial charge on any atom is -0.389 e. The van der Waals surface area contributed by atoms with E-state index in [0.717, 1.165) is 6.61 Å². The van der Waals surface area contributed by atoms with Crippen molar-refractivity contribution >= 4 is 5.90 Å². The third kappa shape index (κ3) is 2.12. The van der Waals surface area contributed by atoms with Gasteiger partial charge in [0.15, 0.2) is 6.61 Å². The fourth-order valence-corrected chi connectivity index (χ4v) is 0.436. The van der Waals surface area contributed by atoms with Crippen molar-refractivity contribution in [2.75, 3.05) is 0 Å². The molecule has 1 aliphatic rings. The van der Waals surface area contributed by atoms with Crippen LogP contribution in [-0.2, 0) is 9.57 Å². The average Bonchev–Trinajstić information content (AvgIpc) is 2.12. The van der Waals surface area contributed by atoms with Crippen LogP contribution in [0.1, 0.15) is 6.42 Å². The number of oxime groups is 1. The predicted octanol–water partition coefficient (Wildman–Crippen LogP) is 1.42. The molecule has 6 heteroatoms. The van der Waals surface area contributed by atoms with Gasteiger partial charge in [-0.15, -0.1) is 13.2 Å². The van der Waals surface area contributed by atoms with E-state index in [4.69, 9.17) is 0 Å². The van der Waals surface area contributed by atoms with E-state index in [9.17, 15) is 13.2 Å². The van der Waals surface area contributed by atoms with Crippen LogP contribution >= 0.6 is 0 Å². The molecule has 0 aromatic carbocycles. The molecule has 0 amide bonds. The molecule has 0 fully saturated rings. The SMILES string of the molecule is FC(F)(F)OC1=NO[CH]C1. The van der Waals surface area contributed by atoms with E-state index in [-0.39, 0.29) is 6.42 Å². The highest BCUT2D eigenvalue weighted by Crippen LogP contribution is 2.20. The Kier molecular flexibility index (Phi) is 1.69. The molecular formula is C4H3F3NO2. The van der Waals surface area contributed by atoms with E-state index < -0.39 is 12.3 Å². The summed E-state index contributed by atoms with van der Waals surface area (Å²) < 4.78 is 37.4. The summed E-state index contributed by atoms with van der Waals surface area (Å²) in [5, 5.41) is 2.94. The molecule has 0 aromatic rings. The number of hydrogen-bond acceptors (Lipinski definition) is 3. The standard InChI is InChI=1S/C4H3F3NO2/c5-4(6,7)10-3-1-2-9-8-3/h2H,1H2. The van der Waals surface area contributed by atoms with Gasteiger partial charge in [0, 0.05) is 0 Å². The highest BCUT2D eigenvalue weighted by atomic mass is 19.4. The second-order valence-electron chi connectivity index (χ2n) is 1.51. The highest BCUT2D eigenvalue weighted by molar-refractivity contribution is 5.77. The van der Waals surface area contributed by atoms with Gasteiger partial charge in [-0.25, -0.2) is 0 Å². The summed E-state index contributed by atoms with van der Waals surface area (Å²) in [4.78, 5) is 4.14. The summed E-state index contributed by atoms with van der Waals surface area (Å²) in [5.74, 6) is -0.465. The predicted molar refractivity (Wildman–Crippen MR) is 24.6 cm³/mol. The van der Waals surface area contributed by atoms with Gasteiger partial charge in [0.05, 0.1) is 6.42 Å². The Morgan fingerprint density at radius 2 is 2.30 bits per heavy atom. The molecule has 0 aromatic heterocycles. The van der Waals surface area contributed by atoms with Crippen LogP contribution in [0, 0.1) is 6.61 Å². The lowest BCUT2D eigenvalue weighted by atomic mass is 10.5. The zero-order chi connectivity index (χ0) is 7.61. The van der Waals surface area contributed by atoms with E-state index in [1.54, 1.807) is 0 Å². The molecule has 0 spiro atoms. The van der Waals surface area contributed by atoms with Gasteiger partial charge in [-0.2, -0.15) is 0 Å². The van der Waals surface area contributed by atoms with Crippen molar-refractivity contribution in [1.29, 1.82) is 0 Å². The second-order valence-corrected chi connectivity index (χ2v) is 1.51. The van der Waals surface area contributed by atoms with Gasteiger partial charge in [-0.1, -0.05) is 5.16 Å². The maximum Gasteiger partial charge on any atom is 0.574 e. The van der Waals surface area contributed by atoms with Gasteiger partial charge in [0.25, 0.3) is 0 Å². The van der Waals surface area contributed by atoms with E-state index in [1.165, 1.54) is 0 Å². The highest BCUT2D eigenvalue weighted by Gasteiger charge is 2.34. The summed E-state index contributed by atoms with van der Waals surface area (Å²) in [6.07, 6.45) is -4.71. The Bertz CT molecular complexity index is 153. The van der Waals surface area contributed by atoms with Gasteiger partial charge in [-0.3, -0.25) is 0 Å². The molecule has 0 aliphatic carbocycles. The largest absolute Gasteiger partial charge is 0.574 e. The topological polar surface area (TPSA) is 30.8 Å². The van der Waals surface area contributed by atoms with Crippen LogP contribution in [0.5, 0.6) is 0 Å². The molecule has 0 bridgehead atoms. The maximum absolute atomic E-state index is 11.3. The van der Waals surface area contributed by atoms with Gasteiger partial charge in [0.2, 0.25) is 5.90 Å². The molecule has 10 heavy (non-hydrogen) atoms. The lowest BCUT2D eigenvalue weighted by Crippen LogP contribution is -2.17. The number of alkyl halides is 3. The van der Waals surface area contributed by atoms with Crippen molar-refractivity contribution in [3.63, 3.8) is 0 Å². The Morgan fingerprint density at radius 1 is 1.60 bits per heavy atom. The van der Waals surface area contributed by atoms with Gasteiger partial charge in [-0.05, 0) is 0 Å². The summed E-state index contributed by atoms with van der Waals surface area (Å²) in [6.45, 7) is 1.11. The molecule has 0 saturated carbocycles. The Labute approximate surface area is 54.4 Å². The average molecular weight is 154 g/mol. The molecule has 0 unspecified atom stereocenters. The van der Waals surface area contributed by atoms with Crippen LogP contribution in [0.25, 0.3) is 0 Å². The smallest absolute Gasteiger partial charge is 0.389 e. The first kappa shape index (κ1) is 7.17. The second kappa shape index (κ2) is 2.36. The van der Waals surface area contributed by atoms with Crippen molar-refractivity contribution in [2.24, 2.45) is 5.16 Å². The minimum atomic E-state index is -4.67. The van der Waals surface area contributed by atoms with E-state index in [1.807, 2.05) is 0 Å².